The van der Waals surface area contributed by atoms with Gasteiger partial charge in [-0.2, -0.15) is 0 Å². The second kappa shape index (κ2) is 10.3. The summed E-state index contributed by atoms with van der Waals surface area (Å²) in [5.41, 5.74) is 0.872. The highest BCUT2D eigenvalue weighted by atomic mass is 35.5. The molecule has 0 fully saturated rings. The molecule has 8 nitrogen and oxygen atoms in total. The number of hydrogen-bond acceptors (Lipinski definition) is 8. The van der Waals surface area contributed by atoms with Crippen LogP contribution in [0.4, 0.5) is 10.8 Å². The number of halogens is 1. The SMILES string of the molecule is COc1ccc(Cl)cc1NC(=O)CSc1nnc(NC(=O)c2ccccc2OC)s1. The highest BCUT2D eigenvalue weighted by Crippen LogP contribution is 2.29. The van der Waals surface area contributed by atoms with Gasteiger partial charge in [-0.3, -0.25) is 14.9 Å². The molecule has 0 atom stereocenters. The van der Waals surface area contributed by atoms with Crippen LogP contribution in [-0.4, -0.2) is 42.0 Å². The number of thioether (sulfide) groups is 1. The number of hydrogen-bond donors (Lipinski definition) is 2. The van der Waals surface area contributed by atoms with E-state index in [1.165, 1.54) is 37.3 Å². The van der Waals surface area contributed by atoms with Gasteiger partial charge in [0.05, 0.1) is 31.2 Å². The molecule has 0 aliphatic rings. The van der Waals surface area contributed by atoms with Crippen LogP contribution in [0.2, 0.25) is 5.02 Å². The van der Waals surface area contributed by atoms with Gasteiger partial charge >= 0.3 is 0 Å². The summed E-state index contributed by atoms with van der Waals surface area (Å²) in [6.07, 6.45) is 0. The van der Waals surface area contributed by atoms with Crippen molar-refractivity contribution in [2.75, 3.05) is 30.6 Å². The van der Waals surface area contributed by atoms with Crippen molar-refractivity contribution >= 4 is 57.3 Å². The van der Waals surface area contributed by atoms with E-state index >= 15 is 0 Å². The Labute approximate surface area is 185 Å². The van der Waals surface area contributed by atoms with Gasteiger partial charge in [0.25, 0.3) is 5.91 Å². The van der Waals surface area contributed by atoms with E-state index in [0.717, 1.165) is 0 Å². The number of carbonyl (C=O) groups is 2. The van der Waals surface area contributed by atoms with Gasteiger partial charge in [-0.15, -0.1) is 10.2 Å². The van der Waals surface area contributed by atoms with Gasteiger partial charge < -0.3 is 14.8 Å². The van der Waals surface area contributed by atoms with E-state index in [1.807, 2.05) is 0 Å². The fourth-order valence-corrected chi connectivity index (χ4v) is 4.13. The fourth-order valence-electron chi connectivity index (χ4n) is 2.41. The summed E-state index contributed by atoms with van der Waals surface area (Å²) in [5, 5.41) is 14.2. The predicted octanol–water partition coefficient (Wildman–Crippen LogP) is 4.19. The smallest absolute Gasteiger partial charge is 0.261 e. The number of nitrogens with zero attached hydrogens (tertiary/aromatic N) is 2. The molecule has 2 N–H and O–H groups in total. The van der Waals surface area contributed by atoms with E-state index in [2.05, 4.69) is 20.8 Å². The molecule has 0 aliphatic heterocycles. The Morgan fingerprint density at radius 2 is 1.83 bits per heavy atom. The monoisotopic (exact) mass is 464 g/mol. The van der Waals surface area contributed by atoms with E-state index in [9.17, 15) is 9.59 Å². The number of methoxy groups -OCH3 is 2. The fraction of sp³-hybridized carbons (Fsp3) is 0.158. The van der Waals surface area contributed by atoms with Crippen LogP contribution in [0.15, 0.2) is 46.8 Å². The Morgan fingerprint density at radius 3 is 2.60 bits per heavy atom. The predicted molar refractivity (Wildman–Crippen MR) is 118 cm³/mol. The second-order valence-corrected chi connectivity index (χ2v) is 8.35. The highest BCUT2D eigenvalue weighted by molar-refractivity contribution is 8.01. The Kier molecular flexibility index (Phi) is 7.50. The average molecular weight is 465 g/mol. The third-order valence-electron chi connectivity index (χ3n) is 3.74. The molecule has 0 aliphatic carbocycles. The van der Waals surface area contributed by atoms with Crippen LogP contribution in [-0.2, 0) is 4.79 Å². The van der Waals surface area contributed by atoms with Gasteiger partial charge in [0.15, 0.2) is 4.34 Å². The third kappa shape index (κ3) is 5.62. The largest absolute Gasteiger partial charge is 0.496 e. The first kappa shape index (κ1) is 21.9. The Balaban J connectivity index is 1.56. The van der Waals surface area contributed by atoms with Crippen molar-refractivity contribution < 1.29 is 19.1 Å². The molecule has 0 unspecified atom stereocenters. The van der Waals surface area contributed by atoms with Crippen molar-refractivity contribution in [1.29, 1.82) is 0 Å². The number of anilines is 2. The normalized spacial score (nSPS) is 10.4. The molecule has 30 heavy (non-hydrogen) atoms. The summed E-state index contributed by atoms with van der Waals surface area (Å²) >= 11 is 8.34. The molecule has 0 saturated heterocycles. The summed E-state index contributed by atoms with van der Waals surface area (Å²) in [5.74, 6) is 0.462. The molecule has 0 bridgehead atoms. The zero-order valence-electron chi connectivity index (χ0n) is 16.0. The Bertz CT molecular complexity index is 1060. The van der Waals surface area contributed by atoms with E-state index in [0.29, 0.717) is 37.2 Å². The van der Waals surface area contributed by atoms with Crippen molar-refractivity contribution in [3.8, 4) is 11.5 Å². The minimum absolute atomic E-state index is 0.102. The van der Waals surface area contributed by atoms with Crippen LogP contribution in [0.1, 0.15) is 10.4 Å². The van der Waals surface area contributed by atoms with E-state index in [1.54, 1.807) is 42.5 Å². The number of aromatic nitrogens is 2. The van der Waals surface area contributed by atoms with Gasteiger partial charge in [0.1, 0.15) is 11.5 Å². The minimum Gasteiger partial charge on any atom is -0.496 e. The first-order valence-corrected chi connectivity index (χ1v) is 10.7. The molecule has 3 aromatic rings. The molecule has 0 radical (unpaired) electrons. The maximum atomic E-state index is 12.4. The van der Waals surface area contributed by atoms with Crippen LogP contribution in [0.5, 0.6) is 11.5 Å². The van der Waals surface area contributed by atoms with Crippen LogP contribution in [0.25, 0.3) is 0 Å². The van der Waals surface area contributed by atoms with E-state index < -0.39 is 0 Å². The average Bonchev–Trinajstić information content (AvgIpc) is 3.19. The minimum atomic E-state index is -0.356. The lowest BCUT2D eigenvalue weighted by atomic mass is 10.2. The molecule has 2 aromatic carbocycles. The standard InChI is InChI=1S/C19H17ClN4O4S2/c1-27-14-6-4-3-5-12(14)17(26)22-18-23-24-19(30-18)29-10-16(25)21-13-9-11(20)7-8-15(13)28-2/h3-9H,10H2,1-2H3,(H,21,25)(H,22,23,26). The molecule has 2 amide bonds. The van der Waals surface area contributed by atoms with Gasteiger partial charge in [0, 0.05) is 5.02 Å². The van der Waals surface area contributed by atoms with Gasteiger partial charge in [0.2, 0.25) is 11.0 Å². The molecule has 11 heteroatoms. The Morgan fingerprint density at radius 1 is 1.07 bits per heavy atom. The topological polar surface area (TPSA) is 102 Å². The molecule has 156 valence electrons. The maximum Gasteiger partial charge on any atom is 0.261 e. The number of carbonyl (C=O) groups excluding carboxylic acids is 2. The number of rotatable bonds is 8. The first-order valence-electron chi connectivity index (χ1n) is 8.54. The lowest BCUT2D eigenvalue weighted by molar-refractivity contribution is -0.113. The van der Waals surface area contributed by atoms with E-state index in [4.69, 9.17) is 21.1 Å². The Hall–Kier alpha value is -2.82. The van der Waals surface area contributed by atoms with Gasteiger partial charge in [-0.1, -0.05) is 46.8 Å². The molecular weight excluding hydrogens is 448 g/mol. The number of amides is 2. The van der Waals surface area contributed by atoms with Crippen LogP contribution in [0.3, 0.4) is 0 Å². The maximum absolute atomic E-state index is 12.4. The highest BCUT2D eigenvalue weighted by Gasteiger charge is 2.15. The van der Waals surface area contributed by atoms with E-state index in [-0.39, 0.29) is 17.6 Å². The summed E-state index contributed by atoms with van der Waals surface area (Å²) in [7, 11) is 3.01. The summed E-state index contributed by atoms with van der Waals surface area (Å²) in [6, 6.07) is 11.8. The lowest BCUT2D eigenvalue weighted by Crippen LogP contribution is -2.14. The number of nitrogens with one attached hydrogen (secondary N) is 2. The van der Waals surface area contributed by atoms with Crippen molar-refractivity contribution in [3.63, 3.8) is 0 Å². The summed E-state index contributed by atoms with van der Waals surface area (Å²) in [6.45, 7) is 0. The molecule has 0 saturated carbocycles. The van der Waals surface area contributed by atoms with Crippen molar-refractivity contribution in [3.05, 3.63) is 53.1 Å². The third-order valence-corrected chi connectivity index (χ3v) is 5.95. The van der Waals surface area contributed by atoms with Gasteiger partial charge in [-0.05, 0) is 30.3 Å². The summed E-state index contributed by atoms with van der Waals surface area (Å²) in [4.78, 5) is 24.7. The van der Waals surface area contributed by atoms with Crippen LogP contribution >= 0.6 is 34.7 Å². The zero-order valence-corrected chi connectivity index (χ0v) is 18.4. The summed E-state index contributed by atoms with van der Waals surface area (Å²) < 4.78 is 10.9. The number of para-hydroxylation sites is 1. The van der Waals surface area contributed by atoms with Crippen LogP contribution < -0.4 is 20.1 Å². The number of benzene rings is 2. The second-order valence-electron chi connectivity index (χ2n) is 5.71. The molecular formula is C19H17ClN4O4S2. The molecule has 1 heterocycles. The van der Waals surface area contributed by atoms with Gasteiger partial charge in [-0.25, -0.2) is 0 Å². The van der Waals surface area contributed by atoms with Crippen LogP contribution in [0, 0.1) is 0 Å². The first-order chi connectivity index (χ1) is 14.5. The van der Waals surface area contributed by atoms with Crippen molar-refractivity contribution in [1.82, 2.24) is 10.2 Å². The number of ether oxygens (including phenoxy) is 2. The molecule has 0 spiro atoms. The van der Waals surface area contributed by atoms with Crippen molar-refractivity contribution in [2.24, 2.45) is 0 Å². The lowest BCUT2D eigenvalue weighted by Gasteiger charge is -2.09. The quantitative estimate of drug-likeness (QED) is 0.380. The molecule has 1 aromatic heterocycles. The van der Waals surface area contributed by atoms with Crippen molar-refractivity contribution in [2.45, 2.75) is 4.34 Å². The molecule has 3 rings (SSSR count). The zero-order chi connectivity index (χ0) is 21.5.